The summed E-state index contributed by atoms with van der Waals surface area (Å²) in [4.78, 5) is 12.3. The Morgan fingerprint density at radius 3 is 2.47 bits per heavy atom. The molecule has 2 nitrogen and oxygen atoms in total. The molecule has 1 saturated carbocycles. The molecule has 2 N–H and O–H groups in total. The van der Waals surface area contributed by atoms with Crippen LogP contribution in [-0.2, 0) is 11.2 Å². The van der Waals surface area contributed by atoms with Crippen LogP contribution in [0, 0.1) is 19.3 Å². The van der Waals surface area contributed by atoms with E-state index in [2.05, 4.69) is 32.0 Å². The van der Waals surface area contributed by atoms with Crippen molar-refractivity contribution in [2.75, 3.05) is 6.54 Å². The summed E-state index contributed by atoms with van der Waals surface area (Å²) < 4.78 is 0. The number of hydrogen-bond donors (Lipinski definition) is 1. The van der Waals surface area contributed by atoms with Crippen molar-refractivity contribution < 1.29 is 4.79 Å². The molecule has 0 saturated heterocycles. The predicted octanol–water partition coefficient (Wildman–Crippen LogP) is 2.54. The first-order valence-corrected chi connectivity index (χ1v) is 6.37. The van der Waals surface area contributed by atoms with Gasteiger partial charge in [-0.05, 0) is 43.4 Å². The van der Waals surface area contributed by atoms with Crippen LogP contribution in [0.15, 0.2) is 18.2 Å². The van der Waals surface area contributed by atoms with E-state index >= 15 is 0 Å². The lowest BCUT2D eigenvalue weighted by Crippen LogP contribution is -2.45. The average molecular weight is 231 g/mol. The van der Waals surface area contributed by atoms with Gasteiger partial charge in [-0.15, -0.1) is 0 Å². The summed E-state index contributed by atoms with van der Waals surface area (Å²) in [5, 5.41) is 0. The molecule has 0 spiro atoms. The predicted molar refractivity (Wildman–Crippen MR) is 70.0 cm³/mol. The minimum absolute atomic E-state index is 0.196. The zero-order valence-electron chi connectivity index (χ0n) is 10.8. The van der Waals surface area contributed by atoms with Gasteiger partial charge in [-0.1, -0.05) is 24.6 Å². The van der Waals surface area contributed by atoms with E-state index in [9.17, 15) is 4.79 Å². The summed E-state index contributed by atoms with van der Waals surface area (Å²) in [6, 6.07) is 6.27. The number of hydrogen-bond acceptors (Lipinski definition) is 2. The van der Waals surface area contributed by atoms with Crippen molar-refractivity contribution in [3.63, 3.8) is 0 Å². The summed E-state index contributed by atoms with van der Waals surface area (Å²) in [6.07, 6.45) is 3.65. The minimum atomic E-state index is -0.196. The Bertz CT molecular complexity index is 427. The number of carbonyl (C=O) groups excluding carboxylic acids is 1. The second-order valence-electron chi connectivity index (χ2n) is 5.36. The van der Waals surface area contributed by atoms with Crippen molar-refractivity contribution >= 4 is 5.78 Å². The van der Waals surface area contributed by atoms with E-state index in [1.54, 1.807) is 0 Å². The maximum absolute atomic E-state index is 12.3. The zero-order chi connectivity index (χ0) is 12.5. The number of aryl methyl sites for hydroxylation is 2. The van der Waals surface area contributed by atoms with Crippen LogP contribution in [0.3, 0.4) is 0 Å². The molecule has 2 heteroatoms. The lowest BCUT2D eigenvalue weighted by Gasteiger charge is -2.39. The van der Waals surface area contributed by atoms with Gasteiger partial charge >= 0.3 is 0 Å². The van der Waals surface area contributed by atoms with Gasteiger partial charge < -0.3 is 5.73 Å². The lowest BCUT2D eigenvalue weighted by molar-refractivity contribution is -0.132. The van der Waals surface area contributed by atoms with Crippen LogP contribution in [0.25, 0.3) is 0 Å². The summed E-state index contributed by atoms with van der Waals surface area (Å²) in [6.45, 7) is 4.69. The third-order valence-corrected chi connectivity index (χ3v) is 4.23. The maximum atomic E-state index is 12.3. The van der Waals surface area contributed by atoms with E-state index in [-0.39, 0.29) is 5.41 Å². The lowest BCUT2D eigenvalue weighted by atomic mass is 9.65. The van der Waals surface area contributed by atoms with Crippen molar-refractivity contribution in [2.24, 2.45) is 11.1 Å². The fourth-order valence-electron chi connectivity index (χ4n) is 2.49. The molecule has 17 heavy (non-hydrogen) atoms. The van der Waals surface area contributed by atoms with Gasteiger partial charge in [0.25, 0.3) is 0 Å². The van der Waals surface area contributed by atoms with Crippen molar-refractivity contribution in [3.05, 3.63) is 34.9 Å². The van der Waals surface area contributed by atoms with Gasteiger partial charge in [-0.3, -0.25) is 4.79 Å². The molecule has 1 aromatic rings. The Morgan fingerprint density at radius 1 is 1.29 bits per heavy atom. The molecule has 0 aromatic heterocycles. The van der Waals surface area contributed by atoms with Crippen LogP contribution >= 0.6 is 0 Å². The third kappa shape index (κ3) is 2.27. The van der Waals surface area contributed by atoms with Crippen LogP contribution in [0.4, 0.5) is 0 Å². The molecule has 0 amide bonds. The molecule has 1 aliphatic carbocycles. The Morgan fingerprint density at radius 2 is 2.00 bits per heavy atom. The van der Waals surface area contributed by atoms with Crippen molar-refractivity contribution in [2.45, 2.75) is 39.5 Å². The number of benzene rings is 1. The van der Waals surface area contributed by atoms with Gasteiger partial charge in [-0.25, -0.2) is 0 Å². The Hall–Kier alpha value is -1.15. The first-order chi connectivity index (χ1) is 8.07. The second kappa shape index (κ2) is 4.61. The fourth-order valence-corrected chi connectivity index (χ4v) is 2.49. The van der Waals surface area contributed by atoms with Crippen LogP contribution in [0.2, 0.25) is 0 Å². The quantitative estimate of drug-likeness (QED) is 0.865. The van der Waals surface area contributed by atoms with E-state index in [4.69, 9.17) is 5.73 Å². The zero-order valence-corrected chi connectivity index (χ0v) is 10.8. The topological polar surface area (TPSA) is 43.1 Å². The normalized spacial score (nSPS) is 17.6. The van der Waals surface area contributed by atoms with E-state index < -0.39 is 0 Å². The van der Waals surface area contributed by atoms with E-state index in [1.165, 1.54) is 11.1 Å². The highest BCUT2D eigenvalue weighted by Gasteiger charge is 2.41. The van der Waals surface area contributed by atoms with Gasteiger partial charge in [0.2, 0.25) is 0 Å². The van der Waals surface area contributed by atoms with E-state index in [1.807, 2.05) is 0 Å². The van der Waals surface area contributed by atoms with E-state index in [0.717, 1.165) is 24.8 Å². The molecular formula is C15H21NO. The molecule has 0 bridgehead atoms. The monoisotopic (exact) mass is 231 g/mol. The molecule has 1 fully saturated rings. The third-order valence-electron chi connectivity index (χ3n) is 4.23. The van der Waals surface area contributed by atoms with Gasteiger partial charge in [-0.2, -0.15) is 0 Å². The summed E-state index contributed by atoms with van der Waals surface area (Å²) >= 11 is 0. The minimum Gasteiger partial charge on any atom is -0.329 e. The van der Waals surface area contributed by atoms with Crippen LogP contribution in [0.1, 0.15) is 36.0 Å². The molecule has 0 unspecified atom stereocenters. The van der Waals surface area contributed by atoms with Crippen LogP contribution < -0.4 is 5.73 Å². The van der Waals surface area contributed by atoms with Gasteiger partial charge in [0, 0.05) is 18.4 Å². The molecule has 1 aromatic carbocycles. The molecule has 0 atom stereocenters. The smallest absolute Gasteiger partial charge is 0.144 e. The standard InChI is InChI=1S/C15H21NO/c1-11-4-5-13(8-12(11)2)9-14(17)15(10-16)6-3-7-15/h4-5,8H,3,6-7,9-10,16H2,1-2H3. The molecule has 92 valence electrons. The molecular weight excluding hydrogens is 210 g/mol. The highest BCUT2D eigenvalue weighted by Crippen LogP contribution is 2.41. The largest absolute Gasteiger partial charge is 0.329 e. The van der Waals surface area contributed by atoms with Crippen LogP contribution in [0.5, 0.6) is 0 Å². The first-order valence-electron chi connectivity index (χ1n) is 6.37. The van der Waals surface area contributed by atoms with Crippen molar-refractivity contribution in [1.82, 2.24) is 0 Å². The summed E-state index contributed by atoms with van der Waals surface area (Å²) in [5.74, 6) is 0.328. The highest BCUT2D eigenvalue weighted by molar-refractivity contribution is 5.87. The Labute approximate surface area is 103 Å². The number of ketones is 1. The molecule has 2 rings (SSSR count). The average Bonchev–Trinajstić information content (AvgIpc) is 2.23. The number of Topliss-reactive ketones (excluding diaryl/α,β-unsaturated/α-hetero) is 1. The summed E-state index contributed by atoms with van der Waals surface area (Å²) in [7, 11) is 0. The fraction of sp³-hybridized carbons (Fsp3) is 0.533. The van der Waals surface area contributed by atoms with Crippen molar-refractivity contribution in [3.8, 4) is 0 Å². The Balaban J connectivity index is 2.10. The maximum Gasteiger partial charge on any atom is 0.144 e. The van der Waals surface area contributed by atoms with Crippen molar-refractivity contribution in [1.29, 1.82) is 0 Å². The SMILES string of the molecule is Cc1ccc(CC(=O)C2(CN)CCC2)cc1C. The molecule has 1 aliphatic rings. The summed E-state index contributed by atoms with van der Waals surface area (Å²) in [5.41, 5.74) is 9.22. The number of carbonyl (C=O) groups is 1. The van der Waals surface area contributed by atoms with Gasteiger partial charge in [0.1, 0.15) is 5.78 Å². The molecule has 0 radical (unpaired) electrons. The van der Waals surface area contributed by atoms with E-state index in [0.29, 0.717) is 18.7 Å². The Kier molecular flexibility index (Phi) is 3.34. The number of nitrogens with two attached hydrogens (primary N) is 1. The first kappa shape index (κ1) is 12.3. The van der Waals surface area contributed by atoms with Gasteiger partial charge in [0.15, 0.2) is 0 Å². The van der Waals surface area contributed by atoms with Crippen LogP contribution in [-0.4, -0.2) is 12.3 Å². The van der Waals surface area contributed by atoms with Gasteiger partial charge in [0.05, 0.1) is 0 Å². The number of rotatable bonds is 4. The second-order valence-corrected chi connectivity index (χ2v) is 5.36. The highest BCUT2D eigenvalue weighted by atomic mass is 16.1. The molecule has 0 aliphatic heterocycles. The molecule has 0 heterocycles.